The second-order valence-electron chi connectivity index (χ2n) is 4.99. The highest BCUT2D eigenvalue weighted by atomic mass is 19.1. The number of hydrogen-bond donors (Lipinski definition) is 2. The first-order valence-electron chi connectivity index (χ1n) is 6.91. The molecule has 2 aromatic carbocycles. The quantitative estimate of drug-likeness (QED) is 0.857. The van der Waals surface area contributed by atoms with E-state index >= 15 is 0 Å². The molecule has 0 unspecified atom stereocenters. The average Bonchev–Trinajstić information content (AvgIpc) is 2.49. The molecule has 2 rings (SSSR count). The van der Waals surface area contributed by atoms with Gasteiger partial charge in [-0.25, -0.2) is 4.39 Å². The zero-order valence-corrected chi connectivity index (χ0v) is 12.0. The summed E-state index contributed by atoms with van der Waals surface area (Å²) >= 11 is 0. The highest BCUT2D eigenvalue weighted by Gasteiger charge is 2.01. The summed E-state index contributed by atoms with van der Waals surface area (Å²) < 4.78 is 12.7. The minimum absolute atomic E-state index is 0.0774. The Morgan fingerprint density at radius 3 is 2.19 bits per heavy atom. The maximum Gasteiger partial charge on any atom is 0.234 e. The fourth-order valence-electron chi connectivity index (χ4n) is 1.89. The largest absolute Gasteiger partial charge is 0.351 e. The average molecular weight is 286 g/mol. The van der Waals surface area contributed by atoms with Gasteiger partial charge in [0.15, 0.2) is 0 Å². The van der Waals surface area contributed by atoms with E-state index in [-0.39, 0.29) is 18.3 Å². The number of aryl methyl sites for hydroxylation is 1. The van der Waals surface area contributed by atoms with Gasteiger partial charge in [-0.3, -0.25) is 4.79 Å². The van der Waals surface area contributed by atoms with Crippen LogP contribution < -0.4 is 10.6 Å². The van der Waals surface area contributed by atoms with Crippen molar-refractivity contribution in [3.05, 3.63) is 71.0 Å². The van der Waals surface area contributed by atoms with Crippen molar-refractivity contribution in [1.82, 2.24) is 10.6 Å². The van der Waals surface area contributed by atoms with Gasteiger partial charge in [0.2, 0.25) is 5.91 Å². The number of carbonyl (C=O) groups is 1. The van der Waals surface area contributed by atoms with Gasteiger partial charge < -0.3 is 10.6 Å². The fraction of sp³-hybridized carbons (Fsp3) is 0.235. The van der Waals surface area contributed by atoms with Gasteiger partial charge in [0.25, 0.3) is 0 Å². The van der Waals surface area contributed by atoms with Crippen LogP contribution in [0.3, 0.4) is 0 Å². The standard InChI is InChI=1S/C17H19FN2O/c1-13-2-4-14(5-3-13)10-19-12-17(21)20-11-15-6-8-16(18)9-7-15/h2-9,19H,10-12H2,1H3,(H,20,21). The van der Waals surface area contributed by atoms with Crippen LogP contribution in [0.25, 0.3) is 0 Å². The number of rotatable bonds is 6. The molecular weight excluding hydrogens is 267 g/mol. The van der Waals surface area contributed by atoms with Crippen LogP contribution in [-0.2, 0) is 17.9 Å². The van der Waals surface area contributed by atoms with Crippen molar-refractivity contribution in [2.75, 3.05) is 6.54 Å². The van der Waals surface area contributed by atoms with Gasteiger partial charge >= 0.3 is 0 Å². The predicted octanol–water partition coefficient (Wildman–Crippen LogP) is 2.54. The second-order valence-corrected chi connectivity index (χ2v) is 4.99. The first kappa shape index (κ1) is 15.2. The zero-order valence-electron chi connectivity index (χ0n) is 12.0. The fourth-order valence-corrected chi connectivity index (χ4v) is 1.89. The molecular formula is C17H19FN2O. The van der Waals surface area contributed by atoms with E-state index in [1.807, 2.05) is 31.2 Å². The number of amides is 1. The molecule has 1 amide bonds. The van der Waals surface area contributed by atoms with Gasteiger partial charge in [-0.2, -0.15) is 0 Å². The number of benzene rings is 2. The number of halogens is 1. The van der Waals surface area contributed by atoms with Crippen molar-refractivity contribution in [1.29, 1.82) is 0 Å². The van der Waals surface area contributed by atoms with Gasteiger partial charge in [0.05, 0.1) is 6.54 Å². The normalized spacial score (nSPS) is 10.4. The third kappa shape index (κ3) is 5.36. The summed E-state index contributed by atoms with van der Waals surface area (Å²) in [5.41, 5.74) is 3.24. The van der Waals surface area contributed by atoms with Crippen molar-refractivity contribution in [3.63, 3.8) is 0 Å². The monoisotopic (exact) mass is 286 g/mol. The lowest BCUT2D eigenvalue weighted by Gasteiger charge is -2.07. The van der Waals surface area contributed by atoms with Crippen LogP contribution in [0.5, 0.6) is 0 Å². The van der Waals surface area contributed by atoms with Crippen LogP contribution in [0.15, 0.2) is 48.5 Å². The highest BCUT2D eigenvalue weighted by molar-refractivity contribution is 5.77. The van der Waals surface area contributed by atoms with E-state index in [9.17, 15) is 9.18 Å². The van der Waals surface area contributed by atoms with Crippen molar-refractivity contribution in [2.45, 2.75) is 20.0 Å². The minimum Gasteiger partial charge on any atom is -0.351 e. The van der Waals surface area contributed by atoms with Crippen LogP contribution in [-0.4, -0.2) is 12.5 Å². The third-order valence-electron chi connectivity index (χ3n) is 3.14. The van der Waals surface area contributed by atoms with Gasteiger partial charge in [-0.1, -0.05) is 42.0 Å². The summed E-state index contributed by atoms with van der Waals surface area (Å²) in [6.07, 6.45) is 0. The molecule has 21 heavy (non-hydrogen) atoms. The molecule has 0 atom stereocenters. The van der Waals surface area contributed by atoms with E-state index in [2.05, 4.69) is 10.6 Å². The molecule has 0 heterocycles. The smallest absolute Gasteiger partial charge is 0.234 e. The summed E-state index contributed by atoms with van der Waals surface area (Å²) in [5.74, 6) is -0.351. The Hall–Kier alpha value is -2.20. The van der Waals surface area contributed by atoms with Gasteiger partial charge in [0, 0.05) is 13.1 Å². The van der Waals surface area contributed by atoms with E-state index in [0.29, 0.717) is 13.1 Å². The topological polar surface area (TPSA) is 41.1 Å². The molecule has 0 aliphatic carbocycles. The Bertz CT molecular complexity index is 579. The first-order chi connectivity index (χ1) is 10.1. The van der Waals surface area contributed by atoms with E-state index < -0.39 is 0 Å². The summed E-state index contributed by atoms with van der Waals surface area (Å²) in [7, 11) is 0. The SMILES string of the molecule is Cc1ccc(CNCC(=O)NCc2ccc(F)cc2)cc1. The number of hydrogen-bond acceptors (Lipinski definition) is 2. The van der Waals surface area contributed by atoms with Crippen LogP contribution in [0.4, 0.5) is 4.39 Å². The van der Waals surface area contributed by atoms with Crippen molar-refractivity contribution in [2.24, 2.45) is 0 Å². The number of nitrogens with one attached hydrogen (secondary N) is 2. The Labute approximate surface area is 124 Å². The van der Waals surface area contributed by atoms with Crippen LogP contribution in [0, 0.1) is 12.7 Å². The Morgan fingerprint density at radius 1 is 0.952 bits per heavy atom. The first-order valence-corrected chi connectivity index (χ1v) is 6.91. The second kappa shape index (κ2) is 7.55. The van der Waals surface area contributed by atoms with Gasteiger partial charge in [-0.05, 0) is 30.2 Å². The molecule has 2 N–H and O–H groups in total. The van der Waals surface area contributed by atoms with Crippen LogP contribution in [0.2, 0.25) is 0 Å². The third-order valence-corrected chi connectivity index (χ3v) is 3.14. The zero-order chi connectivity index (χ0) is 15.1. The predicted molar refractivity (Wildman–Crippen MR) is 81.1 cm³/mol. The van der Waals surface area contributed by atoms with Crippen LogP contribution in [0.1, 0.15) is 16.7 Å². The molecule has 4 heteroatoms. The van der Waals surface area contributed by atoms with Crippen LogP contribution >= 0.6 is 0 Å². The molecule has 110 valence electrons. The molecule has 3 nitrogen and oxygen atoms in total. The molecule has 0 saturated carbocycles. The summed E-state index contributed by atoms with van der Waals surface area (Å²) in [5, 5.41) is 5.88. The number of carbonyl (C=O) groups excluding carboxylic acids is 1. The minimum atomic E-state index is -0.273. The molecule has 0 radical (unpaired) electrons. The Balaban J connectivity index is 1.67. The summed E-state index contributed by atoms with van der Waals surface area (Å²) in [4.78, 5) is 11.7. The Morgan fingerprint density at radius 2 is 1.52 bits per heavy atom. The summed E-state index contributed by atoms with van der Waals surface area (Å²) in [6.45, 7) is 3.37. The molecule has 0 fully saturated rings. The van der Waals surface area contributed by atoms with E-state index in [1.165, 1.54) is 17.7 Å². The van der Waals surface area contributed by atoms with Crippen molar-refractivity contribution in [3.8, 4) is 0 Å². The highest BCUT2D eigenvalue weighted by Crippen LogP contribution is 2.03. The maximum absolute atomic E-state index is 12.7. The van der Waals surface area contributed by atoms with Gasteiger partial charge in [0.1, 0.15) is 5.82 Å². The molecule has 0 aliphatic rings. The van der Waals surface area contributed by atoms with E-state index in [4.69, 9.17) is 0 Å². The Kier molecular flexibility index (Phi) is 5.46. The summed E-state index contributed by atoms with van der Waals surface area (Å²) in [6, 6.07) is 14.3. The molecule has 2 aromatic rings. The lowest BCUT2D eigenvalue weighted by atomic mass is 10.1. The van der Waals surface area contributed by atoms with Gasteiger partial charge in [-0.15, -0.1) is 0 Å². The maximum atomic E-state index is 12.7. The molecule has 0 saturated heterocycles. The lowest BCUT2D eigenvalue weighted by Crippen LogP contribution is -2.33. The van der Waals surface area contributed by atoms with Crippen molar-refractivity contribution < 1.29 is 9.18 Å². The van der Waals surface area contributed by atoms with E-state index in [0.717, 1.165) is 11.1 Å². The molecule has 0 spiro atoms. The van der Waals surface area contributed by atoms with E-state index in [1.54, 1.807) is 12.1 Å². The van der Waals surface area contributed by atoms with Crippen molar-refractivity contribution >= 4 is 5.91 Å². The molecule has 0 aromatic heterocycles. The molecule has 0 bridgehead atoms. The lowest BCUT2D eigenvalue weighted by molar-refractivity contribution is -0.120. The molecule has 0 aliphatic heterocycles.